The van der Waals surface area contributed by atoms with Crippen molar-refractivity contribution in [2.75, 3.05) is 50.9 Å². The summed E-state index contributed by atoms with van der Waals surface area (Å²) in [6.45, 7) is 7.65. The largest absolute Gasteiger partial charge is 0.379 e. The number of carbonyl (C=O) groups excluding carboxylic acids is 1. The Balaban J connectivity index is 1.69. The van der Waals surface area contributed by atoms with Gasteiger partial charge in [0.1, 0.15) is 0 Å². The molecule has 32 heavy (non-hydrogen) atoms. The fourth-order valence-corrected chi connectivity index (χ4v) is 5.28. The Hall–Kier alpha value is -0.260. The zero-order valence-corrected chi connectivity index (χ0v) is 22.2. The lowest BCUT2D eigenvalue weighted by atomic mass is 10.1. The Morgan fingerprint density at radius 1 is 0.750 bits per heavy atom. The molecule has 190 valence electrons. The van der Waals surface area contributed by atoms with Crippen molar-refractivity contribution in [2.45, 2.75) is 116 Å². The number of hydrogen-bond donors (Lipinski definition) is 1. The van der Waals surface area contributed by atoms with Crippen molar-refractivity contribution in [2.24, 2.45) is 0 Å². The monoisotopic (exact) mass is 470 g/mol. The van der Waals surface area contributed by atoms with E-state index in [0.29, 0.717) is 6.42 Å². The van der Waals surface area contributed by atoms with Crippen molar-refractivity contribution < 1.29 is 9.53 Å². The molecule has 0 atom stereocenters. The van der Waals surface area contributed by atoms with E-state index in [0.717, 1.165) is 45.8 Å². The van der Waals surface area contributed by atoms with E-state index >= 15 is 0 Å². The number of nitrogens with zero attached hydrogens (tertiary/aromatic N) is 1. The molecule has 0 aromatic heterocycles. The van der Waals surface area contributed by atoms with Crippen LogP contribution in [-0.2, 0) is 9.53 Å². The SMILES string of the molecule is CCCCCCCCCCSCCCCCCCCCCC(=O)NCCN1CCOCC1. The van der Waals surface area contributed by atoms with Crippen LogP contribution in [-0.4, -0.2) is 61.7 Å². The third-order valence-electron chi connectivity index (χ3n) is 6.44. The summed E-state index contributed by atoms with van der Waals surface area (Å²) in [6.07, 6.45) is 22.5. The first-order valence-corrected chi connectivity index (χ1v) is 15.1. The fraction of sp³-hybridized carbons (Fsp3) is 0.963. The Kier molecular flexibility index (Phi) is 22.2. The zero-order valence-electron chi connectivity index (χ0n) is 21.3. The summed E-state index contributed by atoms with van der Waals surface area (Å²) in [4.78, 5) is 14.3. The molecule has 1 N–H and O–H groups in total. The molecule has 0 saturated carbocycles. The van der Waals surface area contributed by atoms with Gasteiger partial charge in [0.2, 0.25) is 5.91 Å². The van der Waals surface area contributed by atoms with Gasteiger partial charge in [0.05, 0.1) is 13.2 Å². The maximum Gasteiger partial charge on any atom is 0.220 e. The highest BCUT2D eigenvalue weighted by molar-refractivity contribution is 7.99. The molecule has 1 rings (SSSR count). The maximum atomic E-state index is 11.9. The van der Waals surface area contributed by atoms with Crippen LogP contribution in [0.3, 0.4) is 0 Å². The number of unbranched alkanes of at least 4 members (excludes halogenated alkanes) is 14. The zero-order chi connectivity index (χ0) is 23.0. The molecule has 0 unspecified atom stereocenters. The summed E-state index contributed by atoms with van der Waals surface area (Å²) in [5.74, 6) is 2.95. The van der Waals surface area contributed by atoms with Crippen molar-refractivity contribution in [3.8, 4) is 0 Å². The number of nitrogens with one attached hydrogen (secondary N) is 1. The molecule has 0 bridgehead atoms. The third kappa shape index (κ3) is 20.4. The van der Waals surface area contributed by atoms with Crippen LogP contribution < -0.4 is 5.32 Å². The molecule has 1 saturated heterocycles. The van der Waals surface area contributed by atoms with Gasteiger partial charge in [0, 0.05) is 32.6 Å². The standard InChI is InChI=1S/C27H54N2O2S/c1-2-3-4-5-6-10-13-16-25-32-26-17-14-11-8-7-9-12-15-18-27(30)28-19-20-29-21-23-31-24-22-29/h2-26H2,1H3,(H,28,30). The molecule has 5 heteroatoms. The van der Waals surface area contributed by atoms with Crippen LogP contribution in [0.5, 0.6) is 0 Å². The van der Waals surface area contributed by atoms with Gasteiger partial charge in [0.15, 0.2) is 0 Å². The highest BCUT2D eigenvalue weighted by Gasteiger charge is 2.10. The lowest BCUT2D eigenvalue weighted by Crippen LogP contribution is -2.41. The first-order valence-electron chi connectivity index (χ1n) is 14.0. The predicted octanol–water partition coefficient (Wildman–Crippen LogP) is 6.82. The smallest absolute Gasteiger partial charge is 0.220 e. The second-order valence-corrected chi connectivity index (χ2v) is 10.7. The average Bonchev–Trinajstić information content (AvgIpc) is 2.81. The van der Waals surface area contributed by atoms with Gasteiger partial charge in [-0.1, -0.05) is 90.4 Å². The van der Waals surface area contributed by atoms with Gasteiger partial charge >= 0.3 is 0 Å². The van der Waals surface area contributed by atoms with Gasteiger partial charge in [-0.2, -0.15) is 11.8 Å². The summed E-state index contributed by atoms with van der Waals surface area (Å²) in [5.41, 5.74) is 0. The minimum absolute atomic E-state index is 0.225. The van der Waals surface area contributed by atoms with Crippen LogP contribution in [0.2, 0.25) is 0 Å². The summed E-state index contributed by atoms with van der Waals surface area (Å²) in [6, 6.07) is 0. The van der Waals surface area contributed by atoms with Gasteiger partial charge in [-0.05, 0) is 30.8 Å². The number of carbonyl (C=O) groups is 1. The fourth-order valence-electron chi connectivity index (χ4n) is 4.26. The van der Waals surface area contributed by atoms with Crippen LogP contribution >= 0.6 is 11.8 Å². The second-order valence-electron chi connectivity index (χ2n) is 9.47. The Morgan fingerprint density at radius 3 is 1.81 bits per heavy atom. The molecule has 4 nitrogen and oxygen atoms in total. The minimum atomic E-state index is 0.225. The molecular weight excluding hydrogens is 416 g/mol. The van der Waals surface area contributed by atoms with Crippen LogP contribution in [0.1, 0.15) is 116 Å². The first-order chi connectivity index (χ1) is 15.8. The van der Waals surface area contributed by atoms with Crippen LogP contribution in [0.4, 0.5) is 0 Å². The van der Waals surface area contributed by atoms with Crippen molar-refractivity contribution in [3.63, 3.8) is 0 Å². The van der Waals surface area contributed by atoms with Crippen molar-refractivity contribution in [1.29, 1.82) is 0 Å². The van der Waals surface area contributed by atoms with E-state index in [2.05, 4.69) is 28.9 Å². The number of amides is 1. The highest BCUT2D eigenvalue weighted by Crippen LogP contribution is 2.14. The van der Waals surface area contributed by atoms with E-state index < -0.39 is 0 Å². The molecule has 1 amide bonds. The minimum Gasteiger partial charge on any atom is -0.379 e. The molecule has 1 aliphatic rings. The third-order valence-corrected chi connectivity index (χ3v) is 7.59. The number of thioether (sulfide) groups is 1. The number of morpholine rings is 1. The van der Waals surface area contributed by atoms with Crippen molar-refractivity contribution in [3.05, 3.63) is 0 Å². The van der Waals surface area contributed by atoms with Gasteiger partial charge in [-0.3, -0.25) is 9.69 Å². The average molecular weight is 471 g/mol. The molecule has 0 aliphatic carbocycles. The molecule has 0 aromatic rings. The van der Waals surface area contributed by atoms with E-state index in [4.69, 9.17) is 4.74 Å². The van der Waals surface area contributed by atoms with E-state index in [1.54, 1.807) is 0 Å². The van der Waals surface area contributed by atoms with Crippen LogP contribution in [0.15, 0.2) is 0 Å². The highest BCUT2D eigenvalue weighted by atomic mass is 32.2. The number of ether oxygens (including phenoxy) is 1. The van der Waals surface area contributed by atoms with Crippen LogP contribution in [0, 0.1) is 0 Å². The van der Waals surface area contributed by atoms with Crippen LogP contribution in [0.25, 0.3) is 0 Å². The molecule has 0 aromatic carbocycles. The maximum absolute atomic E-state index is 11.9. The molecular formula is C27H54N2O2S. The topological polar surface area (TPSA) is 41.6 Å². The van der Waals surface area contributed by atoms with E-state index in [1.807, 2.05) is 0 Å². The Bertz CT molecular complexity index is 403. The van der Waals surface area contributed by atoms with E-state index in [-0.39, 0.29) is 5.91 Å². The quantitative estimate of drug-likeness (QED) is 0.166. The van der Waals surface area contributed by atoms with Crippen molar-refractivity contribution in [1.82, 2.24) is 10.2 Å². The Morgan fingerprint density at radius 2 is 1.25 bits per heavy atom. The van der Waals surface area contributed by atoms with Gasteiger partial charge in [0.25, 0.3) is 0 Å². The summed E-state index contributed by atoms with van der Waals surface area (Å²) in [5, 5.41) is 3.07. The predicted molar refractivity (Wildman–Crippen MR) is 142 cm³/mol. The van der Waals surface area contributed by atoms with Gasteiger partial charge in [-0.25, -0.2) is 0 Å². The van der Waals surface area contributed by atoms with E-state index in [1.165, 1.54) is 108 Å². The molecule has 1 aliphatic heterocycles. The van der Waals surface area contributed by atoms with Crippen molar-refractivity contribution >= 4 is 17.7 Å². The van der Waals surface area contributed by atoms with Gasteiger partial charge in [-0.15, -0.1) is 0 Å². The lowest BCUT2D eigenvalue weighted by molar-refractivity contribution is -0.121. The number of rotatable bonds is 23. The summed E-state index contributed by atoms with van der Waals surface area (Å²) < 4.78 is 5.35. The Labute approximate surface area is 204 Å². The lowest BCUT2D eigenvalue weighted by Gasteiger charge is -2.26. The summed E-state index contributed by atoms with van der Waals surface area (Å²) >= 11 is 2.17. The number of hydrogen-bond acceptors (Lipinski definition) is 4. The van der Waals surface area contributed by atoms with Gasteiger partial charge < -0.3 is 10.1 Å². The molecule has 1 fully saturated rings. The second kappa shape index (κ2) is 23.9. The summed E-state index contributed by atoms with van der Waals surface area (Å²) in [7, 11) is 0. The molecule has 0 spiro atoms. The molecule has 0 radical (unpaired) electrons. The molecule has 1 heterocycles. The normalized spacial score (nSPS) is 14.7. The first kappa shape index (κ1) is 29.8. The van der Waals surface area contributed by atoms with E-state index in [9.17, 15) is 4.79 Å².